The first-order chi connectivity index (χ1) is 10.5. The molecule has 22 heavy (non-hydrogen) atoms. The minimum Gasteiger partial charge on any atom is -0.321 e. The molecule has 1 heterocycles. The highest BCUT2D eigenvalue weighted by Crippen LogP contribution is 2.16. The molecule has 0 unspecified atom stereocenters. The molecule has 2 N–H and O–H groups in total. The zero-order chi connectivity index (χ0) is 15.7. The number of amides is 1. The predicted molar refractivity (Wildman–Crippen MR) is 88.4 cm³/mol. The second kappa shape index (κ2) is 5.48. The van der Waals surface area contributed by atoms with Gasteiger partial charge in [-0.25, -0.2) is 0 Å². The van der Waals surface area contributed by atoms with Gasteiger partial charge in [0.2, 0.25) is 0 Å². The standard InChI is InChI=1S/C18H16N2O2/c1-11-7-8-14(9-12(11)2)19-18(22)16-10-13-5-3-4-6-15(13)17(21)20-16/h3-10H,1-2H3,(H,19,22)(H,20,21). The van der Waals surface area contributed by atoms with Gasteiger partial charge in [-0.15, -0.1) is 0 Å². The second-order valence-corrected chi connectivity index (χ2v) is 5.35. The van der Waals surface area contributed by atoms with Crippen molar-refractivity contribution in [2.24, 2.45) is 0 Å². The summed E-state index contributed by atoms with van der Waals surface area (Å²) in [4.78, 5) is 27.0. The SMILES string of the molecule is Cc1ccc(NC(=O)c2cc3ccccc3c(=O)[nH]2)cc1C. The highest BCUT2D eigenvalue weighted by atomic mass is 16.2. The molecule has 1 aromatic heterocycles. The number of rotatable bonds is 2. The first-order valence-corrected chi connectivity index (χ1v) is 7.05. The van der Waals surface area contributed by atoms with Gasteiger partial charge in [0.1, 0.15) is 5.69 Å². The monoisotopic (exact) mass is 292 g/mol. The number of hydrogen-bond donors (Lipinski definition) is 2. The number of H-pyrrole nitrogens is 1. The van der Waals surface area contributed by atoms with Crippen LogP contribution >= 0.6 is 0 Å². The number of aromatic nitrogens is 1. The molecule has 1 amide bonds. The number of nitrogens with one attached hydrogen (secondary N) is 2. The molecule has 3 rings (SSSR count). The van der Waals surface area contributed by atoms with Crippen LogP contribution in [0.4, 0.5) is 5.69 Å². The summed E-state index contributed by atoms with van der Waals surface area (Å²) in [6, 6.07) is 14.6. The third-order valence-electron chi connectivity index (χ3n) is 3.76. The van der Waals surface area contributed by atoms with Gasteiger partial charge in [-0.1, -0.05) is 24.3 Å². The van der Waals surface area contributed by atoms with Crippen molar-refractivity contribution in [1.82, 2.24) is 4.98 Å². The summed E-state index contributed by atoms with van der Waals surface area (Å²) in [6.45, 7) is 4.00. The van der Waals surface area contributed by atoms with Gasteiger partial charge in [0.05, 0.1) is 0 Å². The van der Waals surface area contributed by atoms with Gasteiger partial charge in [-0.3, -0.25) is 9.59 Å². The van der Waals surface area contributed by atoms with Crippen LogP contribution in [0, 0.1) is 13.8 Å². The van der Waals surface area contributed by atoms with Gasteiger partial charge < -0.3 is 10.3 Å². The lowest BCUT2D eigenvalue weighted by atomic mass is 10.1. The molecule has 0 spiro atoms. The number of benzene rings is 2. The van der Waals surface area contributed by atoms with Crippen LogP contribution in [0.5, 0.6) is 0 Å². The number of hydrogen-bond acceptors (Lipinski definition) is 2. The van der Waals surface area contributed by atoms with E-state index < -0.39 is 0 Å². The molecule has 0 aliphatic carbocycles. The van der Waals surface area contributed by atoms with Gasteiger partial charge in [0.25, 0.3) is 11.5 Å². The molecule has 2 aromatic carbocycles. The maximum Gasteiger partial charge on any atom is 0.272 e. The Bertz CT molecular complexity index is 926. The van der Waals surface area contributed by atoms with Crippen molar-refractivity contribution in [1.29, 1.82) is 0 Å². The van der Waals surface area contributed by atoms with Crippen molar-refractivity contribution in [2.45, 2.75) is 13.8 Å². The molecule has 4 heteroatoms. The summed E-state index contributed by atoms with van der Waals surface area (Å²) in [7, 11) is 0. The van der Waals surface area contributed by atoms with Crippen molar-refractivity contribution < 1.29 is 4.79 Å². The Labute approximate surface area is 127 Å². The number of carbonyl (C=O) groups excluding carboxylic acids is 1. The lowest BCUT2D eigenvalue weighted by molar-refractivity contribution is 0.102. The van der Waals surface area contributed by atoms with E-state index >= 15 is 0 Å². The summed E-state index contributed by atoms with van der Waals surface area (Å²) in [5.41, 5.74) is 2.97. The number of aromatic amines is 1. The van der Waals surface area contributed by atoms with Crippen LogP contribution in [-0.2, 0) is 0 Å². The molecular weight excluding hydrogens is 276 g/mol. The van der Waals surface area contributed by atoms with Gasteiger partial charge >= 0.3 is 0 Å². The highest BCUT2D eigenvalue weighted by molar-refractivity contribution is 6.04. The minimum absolute atomic E-state index is 0.252. The fourth-order valence-electron chi connectivity index (χ4n) is 2.35. The van der Waals surface area contributed by atoms with E-state index in [2.05, 4.69) is 10.3 Å². The summed E-state index contributed by atoms with van der Waals surface area (Å²) in [5, 5.41) is 4.13. The van der Waals surface area contributed by atoms with Crippen molar-refractivity contribution in [3.8, 4) is 0 Å². The van der Waals surface area contributed by atoms with Crippen LogP contribution in [0.1, 0.15) is 21.6 Å². The number of fused-ring (bicyclic) bond motifs is 1. The Balaban J connectivity index is 1.95. The number of carbonyl (C=O) groups is 1. The Morgan fingerprint density at radius 2 is 1.77 bits per heavy atom. The Hall–Kier alpha value is -2.88. The van der Waals surface area contributed by atoms with Crippen LogP contribution in [0.3, 0.4) is 0 Å². The van der Waals surface area contributed by atoms with E-state index in [1.54, 1.807) is 18.2 Å². The van der Waals surface area contributed by atoms with E-state index in [4.69, 9.17) is 0 Å². The Morgan fingerprint density at radius 3 is 2.55 bits per heavy atom. The van der Waals surface area contributed by atoms with E-state index in [0.717, 1.165) is 16.5 Å². The molecule has 110 valence electrons. The zero-order valence-electron chi connectivity index (χ0n) is 12.4. The molecule has 3 aromatic rings. The second-order valence-electron chi connectivity index (χ2n) is 5.35. The predicted octanol–water partition coefficient (Wildman–Crippen LogP) is 3.40. The summed E-state index contributed by atoms with van der Waals surface area (Å²) in [5.74, 6) is -0.328. The molecule has 0 atom stereocenters. The molecule has 0 aliphatic rings. The van der Waals surface area contributed by atoms with Crippen LogP contribution in [0.2, 0.25) is 0 Å². The van der Waals surface area contributed by atoms with E-state index in [1.807, 2.05) is 44.2 Å². The number of anilines is 1. The average Bonchev–Trinajstić information content (AvgIpc) is 2.51. The largest absolute Gasteiger partial charge is 0.321 e. The molecule has 4 nitrogen and oxygen atoms in total. The normalized spacial score (nSPS) is 10.6. The van der Waals surface area contributed by atoms with Crippen LogP contribution < -0.4 is 10.9 Å². The maximum atomic E-state index is 12.3. The van der Waals surface area contributed by atoms with E-state index in [9.17, 15) is 9.59 Å². The van der Waals surface area contributed by atoms with Gasteiger partial charge in [0.15, 0.2) is 0 Å². The topological polar surface area (TPSA) is 62.0 Å². The third-order valence-corrected chi connectivity index (χ3v) is 3.76. The zero-order valence-corrected chi connectivity index (χ0v) is 12.4. The van der Waals surface area contributed by atoms with Gasteiger partial charge in [-0.05, 0) is 54.6 Å². The van der Waals surface area contributed by atoms with Crippen molar-refractivity contribution in [2.75, 3.05) is 5.32 Å². The Kier molecular flexibility index (Phi) is 3.51. The molecular formula is C18H16N2O2. The van der Waals surface area contributed by atoms with Crippen molar-refractivity contribution >= 4 is 22.4 Å². The van der Waals surface area contributed by atoms with E-state index in [1.165, 1.54) is 0 Å². The summed E-state index contributed by atoms with van der Waals surface area (Å²) >= 11 is 0. The maximum absolute atomic E-state index is 12.3. The summed E-state index contributed by atoms with van der Waals surface area (Å²) < 4.78 is 0. The van der Waals surface area contributed by atoms with E-state index in [0.29, 0.717) is 11.1 Å². The lowest BCUT2D eigenvalue weighted by Gasteiger charge is -2.08. The fraction of sp³-hybridized carbons (Fsp3) is 0.111. The van der Waals surface area contributed by atoms with E-state index in [-0.39, 0.29) is 17.2 Å². The first-order valence-electron chi connectivity index (χ1n) is 7.05. The number of aryl methyl sites for hydroxylation is 2. The van der Waals surface area contributed by atoms with Gasteiger partial charge in [-0.2, -0.15) is 0 Å². The quantitative estimate of drug-likeness (QED) is 0.760. The molecule has 0 fully saturated rings. The lowest BCUT2D eigenvalue weighted by Crippen LogP contribution is -2.19. The molecule has 0 bridgehead atoms. The van der Waals surface area contributed by atoms with Crippen molar-refractivity contribution in [3.05, 3.63) is 75.7 Å². The van der Waals surface area contributed by atoms with Crippen molar-refractivity contribution in [3.63, 3.8) is 0 Å². The van der Waals surface area contributed by atoms with Crippen LogP contribution in [-0.4, -0.2) is 10.9 Å². The summed E-state index contributed by atoms with van der Waals surface area (Å²) in [6.07, 6.45) is 0. The smallest absolute Gasteiger partial charge is 0.272 e. The van der Waals surface area contributed by atoms with Crippen LogP contribution in [0.15, 0.2) is 53.3 Å². The molecule has 0 radical (unpaired) electrons. The highest BCUT2D eigenvalue weighted by Gasteiger charge is 2.10. The van der Waals surface area contributed by atoms with Crippen LogP contribution in [0.25, 0.3) is 10.8 Å². The molecule has 0 saturated heterocycles. The molecule has 0 aliphatic heterocycles. The average molecular weight is 292 g/mol. The third kappa shape index (κ3) is 2.63. The number of pyridine rings is 1. The Morgan fingerprint density at radius 1 is 1.00 bits per heavy atom. The molecule has 0 saturated carbocycles. The minimum atomic E-state index is -0.328. The first kappa shape index (κ1) is 14.1. The fourth-order valence-corrected chi connectivity index (χ4v) is 2.35. The van der Waals surface area contributed by atoms with Gasteiger partial charge in [0, 0.05) is 11.1 Å².